The first-order valence-corrected chi connectivity index (χ1v) is 6.37. The third-order valence-electron chi connectivity index (χ3n) is 2.51. The number of likely N-dealkylation sites (N-methyl/N-ethyl adjacent to an activating group) is 1. The van der Waals surface area contributed by atoms with Crippen molar-refractivity contribution in [3.8, 4) is 0 Å². The van der Waals surface area contributed by atoms with Crippen molar-refractivity contribution in [2.75, 3.05) is 45.2 Å². The smallest absolute Gasteiger partial charge is 0.0101 e. The van der Waals surface area contributed by atoms with Crippen molar-refractivity contribution in [2.45, 2.75) is 12.8 Å². The van der Waals surface area contributed by atoms with Crippen LogP contribution in [0.15, 0.2) is 0 Å². The van der Waals surface area contributed by atoms with Crippen LogP contribution in [0.25, 0.3) is 0 Å². The number of nitrogens with one attached hydrogen (secondary N) is 1. The van der Waals surface area contributed by atoms with Crippen LogP contribution in [0, 0.1) is 5.92 Å². The molecule has 0 saturated carbocycles. The van der Waals surface area contributed by atoms with E-state index in [0.29, 0.717) is 0 Å². The van der Waals surface area contributed by atoms with Gasteiger partial charge in [0.2, 0.25) is 0 Å². The van der Waals surface area contributed by atoms with Gasteiger partial charge < -0.3 is 10.2 Å². The summed E-state index contributed by atoms with van der Waals surface area (Å²) in [5.41, 5.74) is 0. The van der Waals surface area contributed by atoms with E-state index in [-0.39, 0.29) is 0 Å². The third-order valence-corrected chi connectivity index (χ3v) is 3.56. The van der Waals surface area contributed by atoms with Crippen LogP contribution in [-0.4, -0.2) is 50.1 Å². The van der Waals surface area contributed by atoms with E-state index >= 15 is 0 Å². The predicted octanol–water partition coefficient (Wildman–Crippen LogP) is 1.28. The fourth-order valence-corrected chi connectivity index (χ4v) is 2.76. The molecule has 0 unspecified atom stereocenters. The molecule has 1 N–H and O–H groups in total. The zero-order valence-corrected chi connectivity index (χ0v) is 9.70. The lowest BCUT2D eigenvalue weighted by Gasteiger charge is -2.22. The second-order valence-electron chi connectivity index (χ2n) is 4.06. The molecule has 1 aliphatic heterocycles. The molecule has 1 fully saturated rings. The number of thioether (sulfide) groups is 1. The van der Waals surface area contributed by atoms with Crippen LogP contribution in [0.2, 0.25) is 0 Å². The lowest BCUT2D eigenvalue weighted by Crippen LogP contribution is -2.31. The molecule has 0 aliphatic carbocycles. The quantitative estimate of drug-likeness (QED) is 0.676. The Balaban J connectivity index is 1.92. The largest absolute Gasteiger partial charge is 0.315 e. The Kier molecular flexibility index (Phi) is 5.83. The molecule has 78 valence electrons. The van der Waals surface area contributed by atoms with Crippen LogP contribution in [0.4, 0.5) is 0 Å². The van der Waals surface area contributed by atoms with Crippen molar-refractivity contribution in [1.82, 2.24) is 10.2 Å². The molecule has 0 aromatic carbocycles. The average Bonchev–Trinajstić information content (AvgIpc) is 2.14. The summed E-state index contributed by atoms with van der Waals surface area (Å²) in [4.78, 5) is 2.23. The summed E-state index contributed by atoms with van der Waals surface area (Å²) in [6.45, 7) is 3.52. The summed E-state index contributed by atoms with van der Waals surface area (Å²) in [5.74, 6) is 3.70. The fraction of sp³-hybridized carbons (Fsp3) is 1.00. The summed E-state index contributed by atoms with van der Waals surface area (Å²) in [5, 5.41) is 3.54. The van der Waals surface area contributed by atoms with Gasteiger partial charge in [-0.15, -0.1) is 0 Å². The molecule has 0 bridgehead atoms. The zero-order valence-electron chi connectivity index (χ0n) is 8.88. The van der Waals surface area contributed by atoms with Gasteiger partial charge in [-0.25, -0.2) is 0 Å². The normalized spacial score (nSPS) is 19.6. The van der Waals surface area contributed by atoms with Gasteiger partial charge in [0.25, 0.3) is 0 Å². The van der Waals surface area contributed by atoms with Crippen molar-refractivity contribution in [3.05, 3.63) is 0 Å². The average molecular weight is 202 g/mol. The van der Waals surface area contributed by atoms with Crippen molar-refractivity contribution in [1.29, 1.82) is 0 Å². The minimum Gasteiger partial charge on any atom is -0.315 e. The van der Waals surface area contributed by atoms with Crippen LogP contribution >= 0.6 is 11.8 Å². The molecule has 1 aliphatic rings. The Bertz CT molecular complexity index is 122. The van der Waals surface area contributed by atoms with Gasteiger partial charge in [0.1, 0.15) is 0 Å². The first-order chi connectivity index (χ1) is 6.29. The van der Waals surface area contributed by atoms with Crippen LogP contribution in [0.3, 0.4) is 0 Å². The number of hydrogen-bond acceptors (Lipinski definition) is 3. The van der Waals surface area contributed by atoms with E-state index in [2.05, 4.69) is 36.1 Å². The van der Waals surface area contributed by atoms with Gasteiger partial charge in [0.15, 0.2) is 0 Å². The summed E-state index contributed by atoms with van der Waals surface area (Å²) in [6.07, 6.45) is 2.83. The molecule has 2 nitrogen and oxygen atoms in total. The molecule has 1 rings (SSSR count). The van der Waals surface area contributed by atoms with E-state index in [9.17, 15) is 0 Å². The highest BCUT2D eigenvalue weighted by Crippen LogP contribution is 2.21. The maximum Gasteiger partial charge on any atom is 0.0101 e. The number of hydrogen-bond donors (Lipinski definition) is 1. The van der Waals surface area contributed by atoms with Crippen molar-refractivity contribution in [3.63, 3.8) is 0 Å². The summed E-state index contributed by atoms with van der Waals surface area (Å²) in [7, 11) is 4.25. The van der Waals surface area contributed by atoms with Crippen molar-refractivity contribution < 1.29 is 0 Å². The molecule has 0 atom stereocenters. The predicted molar refractivity (Wildman–Crippen MR) is 61.5 cm³/mol. The molecule has 13 heavy (non-hydrogen) atoms. The summed E-state index contributed by atoms with van der Waals surface area (Å²) in [6, 6.07) is 0. The van der Waals surface area contributed by atoms with E-state index in [1.165, 1.54) is 30.9 Å². The number of nitrogens with zero attached hydrogens (tertiary/aromatic N) is 1. The first kappa shape index (κ1) is 11.3. The van der Waals surface area contributed by atoms with Gasteiger partial charge in [-0.2, -0.15) is 11.8 Å². The van der Waals surface area contributed by atoms with E-state index in [1.807, 2.05) is 0 Å². The first-order valence-electron chi connectivity index (χ1n) is 5.22. The molecule has 0 aromatic heterocycles. The molecular formula is C10H22N2S. The van der Waals surface area contributed by atoms with Gasteiger partial charge in [-0.3, -0.25) is 0 Å². The van der Waals surface area contributed by atoms with Crippen molar-refractivity contribution >= 4 is 11.8 Å². The highest BCUT2D eigenvalue weighted by atomic mass is 32.2. The monoisotopic (exact) mass is 202 g/mol. The standard InChI is InChI=1S/C10H22N2S/c1-12(2)6-5-11-9-10-3-7-13-8-4-10/h10-11H,3-9H2,1-2H3. The van der Waals surface area contributed by atoms with Gasteiger partial charge >= 0.3 is 0 Å². The summed E-state index contributed by atoms with van der Waals surface area (Å²) >= 11 is 2.11. The highest BCUT2D eigenvalue weighted by molar-refractivity contribution is 7.99. The molecular weight excluding hydrogens is 180 g/mol. The van der Waals surface area contributed by atoms with Crippen LogP contribution in [0.1, 0.15) is 12.8 Å². The lowest BCUT2D eigenvalue weighted by molar-refractivity contribution is 0.380. The van der Waals surface area contributed by atoms with E-state index in [0.717, 1.165) is 19.0 Å². The molecule has 1 heterocycles. The Labute approximate surface area is 86.5 Å². The van der Waals surface area contributed by atoms with Gasteiger partial charge in [-0.1, -0.05) is 0 Å². The Morgan fingerprint density at radius 3 is 2.62 bits per heavy atom. The molecule has 3 heteroatoms. The van der Waals surface area contributed by atoms with E-state index < -0.39 is 0 Å². The van der Waals surface area contributed by atoms with Crippen molar-refractivity contribution in [2.24, 2.45) is 5.92 Å². The molecule has 1 saturated heterocycles. The van der Waals surface area contributed by atoms with Gasteiger partial charge in [0, 0.05) is 13.1 Å². The summed E-state index contributed by atoms with van der Waals surface area (Å²) < 4.78 is 0. The fourth-order valence-electron chi connectivity index (χ4n) is 1.56. The maximum absolute atomic E-state index is 3.54. The Hall–Kier alpha value is 0.270. The molecule has 0 amide bonds. The van der Waals surface area contributed by atoms with E-state index in [1.54, 1.807) is 0 Å². The zero-order chi connectivity index (χ0) is 9.52. The molecule has 0 aromatic rings. The third kappa shape index (κ3) is 5.55. The second-order valence-corrected chi connectivity index (χ2v) is 5.29. The van der Waals surface area contributed by atoms with Crippen LogP contribution in [-0.2, 0) is 0 Å². The minimum atomic E-state index is 0.948. The molecule has 0 spiro atoms. The van der Waals surface area contributed by atoms with Crippen LogP contribution in [0.5, 0.6) is 0 Å². The van der Waals surface area contributed by atoms with Gasteiger partial charge in [0.05, 0.1) is 0 Å². The number of rotatable bonds is 5. The molecule has 0 radical (unpaired) electrons. The minimum absolute atomic E-state index is 0.948. The SMILES string of the molecule is CN(C)CCNCC1CCSCC1. The maximum atomic E-state index is 3.54. The van der Waals surface area contributed by atoms with E-state index in [4.69, 9.17) is 0 Å². The van der Waals surface area contributed by atoms with Gasteiger partial charge in [-0.05, 0) is 50.9 Å². The topological polar surface area (TPSA) is 15.3 Å². The lowest BCUT2D eigenvalue weighted by atomic mass is 10.0. The highest BCUT2D eigenvalue weighted by Gasteiger charge is 2.12. The van der Waals surface area contributed by atoms with Crippen LogP contribution < -0.4 is 5.32 Å². The second kappa shape index (κ2) is 6.68. The Morgan fingerprint density at radius 1 is 1.31 bits per heavy atom. The Morgan fingerprint density at radius 2 is 2.00 bits per heavy atom.